The summed E-state index contributed by atoms with van der Waals surface area (Å²) < 4.78 is 5.69. The fourth-order valence-electron chi connectivity index (χ4n) is 2.46. The Labute approximate surface area is 121 Å². The van der Waals surface area contributed by atoms with Crippen LogP contribution in [0.2, 0.25) is 0 Å². The zero-order valence-corrected chi connectivity index (χ0v) is 12.8. The van der Waals surface area contributed by atoms with E-state index in [0.717, 1.165) is 5.82 Å². The molecule has 0 unspecified atom stereocenters. The largest absolute Gasteiger partial charge is 0.476 e. The lowest BCUT2D eigenvalue weighted by atomic mass is 9.95. The predicted octanol–water partition coefficient (Wildman–Crippen LogP) is 3.15. The van der Waals surface area contributed by atoms with Gasteiger partial charge in [-0.2, -0.15) is 4.98 Å². The standard InChI is InChI=1S/C15H26N4O/c1-10(2)9-20-15-13(16)14(17-11(3)18-15)19-12-7-5-4-6-8-12/h10,12H,4-9,16H2,1-3H3,(H,17,18,19). The van der Waals surface area contributed by atoms with Gasteiger partial charge >= 0.3 is 0 Å². The van der Waals surface area contributed by atoms with Crippen molar-refractivity contribution in [2.45, 2.75) is 58.9 Å². The molecule has 0 radical (unpaired) electrons. The van der Waals surface area contributed by atoms with Crippen LogP contribution in [0.1, 0.15) is 51.8 Å². The Hall–Kier alpha value is -1.52. The van der Waals surface area contributed by atoms with E-state index in [0.29, 0.717) is 36.0 Å². The molecule has 5 nitrogen and oxygen atoms in total. The summed E-state index contributed by atoms with van der Waals surface area (Å²) in [6.07, 6.45) is 6.26. The van der Waals surface area contributed by atoms with Crippen LogP contribution in [0.5, 0.6) is 5.88 Å². The summed E-state index contributed by atoms with van der Waals surface area (Å²) in [6, 6.07) is 0.471. The Morgan fingerprint density at radius 3 is 2.60 bits per heavy atom. The Morgan fingerprint density at radius 2 is 1.95 bits per heavy atom. The van der Waals surface area contributed by atoms with Crippen LogP contribution >= 0.6 is 0 Å². The maximum absolute atomic E-state index is 6.14. The van der Waals surface area contributed by atoms with E-state index in [2.05, 4.69) is 29.1 Å². The topological polar surface area (TPSA) is 73.1 Å². The summed E-state index contributed by atoms with van der Waals surface area (Å²) in [5.74, 6) is 2.36. The van der Waals surface area contributed by atoms with Crippen molar-refractivity contribution in [2.24, 2.45) is 5.92 Å². The third-order valence-electron chi connectivity index (χ3n) is 3.52. The summed E-state index contributed by atoms with van der Waals surface area (Å²) in [7, 11) is 0. The number of rotatable bonds is 5. The van der Waals surface area contributed by atoms with Crippen molar-refractivity contribution in [1.82, 2.24) is 9.97 Å². The molecule has 1 saturated carbocycles. The molecule has 0 saturated heterocycles. The molecule has 5 heteroatoms. The van der Waals surface area contributed by atoms with Gasteiger partial charge in [0.15, 0.2) is 5.82 Å². The molecule has 20 heavy (non-hydrogen) atoms. The number of nitrogens with two attached hydrogens (primary N) is 1. The zero-order valence-electron chi connectivity index (χ0n) is 12.8. The molecule has 0 aliphatic heterocycles. The van der Waals surface area contributed by atoms with Gasteiger partial charge in [0, 0.05) is 6.04 Å². The molecule has 1 aliphatic carbocycles. The van der Waals surface area contributed by atoms with Gasteiger partial charge in [0.1, 0.15) is 11.5 Å². The number of hydrogen-bond donors (Lipinski definition) is 2. The molecule has 1 aliphatic rings. The highest BCUT2D eigenvalue weighted by atomic mass is 16.5. The van der Waals surface area contributed by atoms with Crippen molar-refractivity contribution in [3.63, 3.8) is 0 Å². The second-order valence-corrected chi connectivity index (χ2v) is 6.02. The summed E-state index contributed by atoms with van der Waals surface area (Å²) in [6.45, 7) is 6.69. The number of aryl methyl sites for hydroxylation is 1. The molecule has 0 aromatic carbocycles. The van der Waals surface area contributed by atoms with Crippen LogP contribution in [0.3, 0.4) is 0 Å². The zero-order chi connectivity index (χ0) is 14.5. The summed E-state index contributed by atoms with van der Waals surface area (Å²) in [5.41, 5.74) is 6.67. The van der Waals surface area contributed by atoms with E-state index >= 15 is 0 Å². The summed E-state index contributed by atoms with van der Waals surface area (Å²) in [5, 5.41) is 3.46. The second kappa shape index (κ2) is 6.77. The second-order valence-electron chi connectivity index (χ2n) is 6.02. The average molecular weight is 278 g/mol. The fourth-order valence-corrected chi connectivity index (χ4v) is 2.46. The molecule has 1 heterocycles. The quantitative estimate of drug-likeness (QED) is 0.865. The van der Waals surface area contributed by atoms with Gasteiger partial charge in [-0.15, -0.1) is 0 Å². The van der Waals surface area contributed by atoms with Crippen LogP contribution in [0.4, 0.5) is 11.5 Å². The fraction of sp³-hybridized carbons (Fsp3) is 0.733. The number of aromatic nitrogens is 2. The highest BCUT2D eigenvalue weighted by Gasteiger charge is 2.18. The van der Waals surface area contributed by atoms with Gasteiger partial charge in [0.05, 0.1) is 6.61 Å². The van der Waals surface area contributed by atoms with Gasteiger partial charge in [-0.1, -0.05) is 33.1 Å². The molecule has 3 N–H and O–H groups in total. The number of nitrogens with zero attached hydrogens (tertiary/aromatic N) is 2. The van der Waals surface area contributed by atoms with Crippen molar-refractivity contribution in [3.8, 4) is 5.88 Å². The van der Waals surface area contributed by atoms with Crippen LogP contribution in [-0.4, -0.2) is 22.6 Å². The van der Waals surface area contributed by atoms with E-state index in [4.69, 9.17) is 10.5 Å². The first kappa shape index (κ1) is 14.9. The van der Waals surface area contributed by atoms with Crippen LogP contribution in [0.25, 0.3) is 0 Å². The van der Waals surface area contributed by atoms with E-state index in [-0.39, 0.29) is 0 Å². The summed E-state index contributed by atoms with van der Waals surface area (Å²) in [4.78, 5) is 8.73. The molecule has 1 fully saturated rings. The van der Waals surface area contributed by atoms with Gasteiger partial charge in [0.25, 0.3) is 0 Å². The van der Waals surface area contributed by atoms with Crippen molar-refractivity contribution in [3.05, 3.63) is 5.82 Å². The highest BCUT2D eigenvalue weighted by molar-refractivity contribution is 5.67. The molecule has 0 amide bonds. The van der Waals surface area contributed by atoms with Gasteiger partial charge in [-0.3, -0.25) is 0 Å². The van der Waals surface area contributed by atoms with Gasteiger partial charge in [0.2, 0.25) is 5.88 Å². The van der Waals surface area contributed by atoms with E-state index in [1.807, 2.05) is 6.92 Å². The van der Waals surface area contributed by atoms with E-state index in [1.165, 1.54) is 32.1 Å². The minimum Gasteiger partial charge on any atom is -0.476 e. The predicted molar refractivity (Wildman–Crippen MR) is 82.0 cm³/mol. The van der Waals surface area contributed by atoms with Gasteiger partial charge in [-0.05, 0) is 25.7 Å². The van der Waals surface area contributed by atoms with E-state index < -0.39 is 0 Å². The van der Waals surface area contributed by atoms with Crippen molar-refractivity contribution >= 4 is 11.5 Å². The number of ether oxygens (including phenoxy) is 1. The lowest BCUT2D eigenvalue weighted by Crippen LogP contribution is -2.24. The third-order valence-corrected chi connectivity index (χ3v) is 3.52. The number of nitrogens with one attached hydrogen (secondary N) is 1. The van der Waals surface area contributed by atoms with Gasteiger partial charge < -0.3 is 15.8 Å². The SMILES string of the molecule is Cc1nc(NC2CCCCC2)c(N)c(OCC(C)C)n1. The Kier molecular flexibility index (Phi) is 5.04. The minimum atomic E-state index is 0.444. The van der Waals surface area contributed by atoms with E-state index in [9.17, 15) is 0 Å². The molecule has 0 bridgehead atoms. The average Bonchev–Trinajstić information content (AvgIpc) is 2.42. The molecular weight excluding hydrogens is 252 g/mol. The summed E-state index contributed by atoms with van der Waals surface area (Å²) >= 11 is 0. The molecular formula is C15H26N4O. The number of nitrogen functional groups attached to an aromatic ring is 1. The first-order valence-electron chi connectivity index (χ1n) is 7.59. The van der Waals surface area contributed by atoms with Crippen molar-refractivity contribution in [2.75, 3.05) is 17.7 Å². The normalized spacial score (nSPS) is 16.4. The maximum Gasteiger partial charge on any atom is 0.242 e. The lowest BCUT2D eigenvalue weighted by Gasteiger charge is -2.24. The smallest absolute Gasteiger partial charge is 0.242 e. The van der Waals surface area contributed by atoms with E-state index in [1.54, 1.807) is 0 Å². The van der Waals surface area contributed by atoms with Crippen LogP contribution in [-0.2, 0) is 0 Å². The third kappa shape index (κ3) is 3.99. The van der Waals surface area contributed by atoms with Gasteiger partial charge in [-0.25, -0.2) is 4.98 Å². The van der Waals surface area contributed by atoms with Crippen LogP contribution in [0, 0.1) is 12.8 Å². The van der Waals surface area contributed by atoms with Crippen molar-refractivity contribution < 1.29 is 4.74 Å². The molecule has 1 aromatic rings. The van der Waals surface area contributed by atoms with Crippen LogP contribution in [0.15, 0.2) is 0 Å². The van der Waals surface area contributed by atoms with Crippen molar-refractivity contribution in [1.29, 1.82) is 0 Å². The molecule has 1 aromatic heterocycles. The minimum absolute atomic E-state index is 0.444. The Morgan fingerprint density at radius 1 is 1.25 bits per heavy atom. The molecule has 112 valence electrons. The Bertz CT molecular complexity index is 442. The first-order valence-corrected chi connectivity index (χ1v) is 7.59. The molecule has 0 atom stereocenters. The Balaban J connectivity index is 2.10. The number of hydrogen-bond acceptors (Lipinski definition) is 5. The number of anilines is 2. The monoisotopic (exact) mass is 278 g/mol. The first-order chi connectivity index (χ1) is 9.56. The molecule has 2 rings (SSSR count). The highest BCUT2D eigenvalue weighted by Crippen LogP contribution is 2.29. The lowest BCUT2D eigenvalue weighted by molar-refractivity contribution is 0.262. The molecule has 0 spiro atoms. The maximum atomic E-state index is 6.14. The van der Waals surface area contributed by atoms with Crippen LogP contribution < -0.4 is 15.8 Å².